The molecule has 160 valence electrons. The predicted molar refractivity (Wildman–Crippen MR) is 132 cm³/mol. The molecule has 0 aromatic heterocycles. The monoisotopic (exact) mass is 412 g/mol. The first-order chi connectivity index (χ1) is 15.3. The fraction of sp³-hybridized carbons (Fsp3) is 0.286. The van der Waals surface area contributed by atoms with Crippen LogP contribution in [0.1, 0.15) is 38.5 Å². The number of hydrogen-bond acceptors (Lipinski definition) is 2. The van der Waals surface area contributed by atoms with Crippen LogP contribution in [0.2, 0.25) is 0 Å². The van der Waals surface area contributed by atoms with Crippen LogP contribution in [0.3, 0.4) is 0 Å². The molecule has 0 atom stereocenters. The number of unbranched alkanes of at least 4 members (excludes halogenated alkanes) is 1. The summed E-state index contributed by atoms with van der Waals surface area (Å²) in [5.74, 6) is -0.0258. The van der Waals surface area contributed by atoms with Gasteiger partial charge in [0, 0.05) is 6.54 Å². The molecule has 1 amide bonds. The van der Waals surface area contributed by atoms with E-state index in [1.165, 1.54) is 5.57 Å². The van der Waals surface area contributed by atoms with Crippen molar-refractivity contribution in [2.45, 2.75) is 38.5 Å². The Balaban J connectivity index is 1.51. The summed E-state index contributed by atoms with van der Waals surface area (Å²) in [5, 5.41) is 3.02. The lowest BCUT2D eigenvalue weighted by molar-refractivity contribution is -0.119. The Bertz CT molecular complexity index is 930. The number of aliphatic imine (C=N–C) groups is 1. The molecule has 0 aliphatic heterocycles. The molecule has 0 heterocycles. The molecule has 0 fully saturated rings. The minimum atomic E-state index is -0.0258. The van der Waals surface area contributed by atoms with E-state index in [4.69, 9.17) is 4.99 Å². The molecule has 0 saturated heterocycles. The molecule has 31 heavy (non-hydrogen) atoms. The second kappa shape index (κ2) is 13.2. The van der Waals surface area contributed by atoms with Crippen LogP contribution >= 0.6 is 0 Å². The third-order valence-electron chi connectivity index (χ3n) is 5.22. The second-order valence-electron chi connectivity index (χ2n) is 7.68. The van der Waals surface area contributed by atoms with Crippen molar-refractivity contribution >= 4 is 11.6 Å². The molecule has 3 nitrogen and oxygen atoms in total. The standard InChI is InChI=1S/C28H32N2O/c31-27(29-22-14-13-17-24-15-7-1-2-8-16-24)23-30-28(25-18-9-3-4-10-19-25)26-20-11-5-6-12-21-26/h1-5,7-9,11-12,15,18-21H,6,10,13-14,16-17,22-23H2,(H,29,31). The van der Waals surface area contributed by atoms with Crippen molar-refractivity contribution in [3.05, 3.63) is 108 Å². The maximum Gasteiger partial charge on any atom is 0.241 e. The SMILES string of the molecule is O=C(CN=C(C1=CC=CCC=C1)C1=CCC=CC=C1)NCCCCC1=CC=CC=CC1. The molecule has 0 spiro atoms. The van der Waals surface area contributed by atoms with E-state index in [0.717, 1.165) is 55.4 Å². The highest BCUT2D eigenvalue weighted by Gasteiger charge is 2.11. The average molecular weight is 413 g/mol. The number of rotatable bonds is 9. The fourth-order valence-corrected chi connectivity index (χ4v) is 3.56. The number of carbonyl (C=O) groups is 1. The van der Waals surface area contributed by atoms with Crippen LogP contribution in [0.25, 0.3) is 0 Å². The lowest BCUT2D eigenvalue weighted by atomic mass is 10.0. The Kier molecular flexibility index (Phi) is 9.55. The maximum atomic E-state index is 12.4. The van der Waals surface area contributed by atoms with Crippen molar-refractivity contribution in [2.24, 2.45) is 4.99 Å². The van der Waals surface area contributed by atoms with Gasteiger partial charge >= 0.3 is 0 Å². The van der Waals surface area contributed by atoms with Crippen LogP contribution in [0.15, 0.2) is 113 Å². The number of amides is 1. The van der Waals surface area contributed by atoms with E-state index in [-0.39, 0.29) is 12.5 Å². The van der Waals surface area contributed by atoms with Gasteiger partial charge in [-0.3, -0.25) is 9.79 Å². The van der Waals surface area contributed by atoms with Gasteiger partial charge in [0.25, 0.3) is 0 Å². The van der Waals surface area contributed by atoms with Crippen LogP contribution in [-0.4, -0.2) is 24.7 Å². The predicted octanol–water partition coefficient (Wildman–Crippen LogP) is 6.04. The zero-order valence-electron chi connectivity index (χ0n) is 18.2. The lowest BCUT2D eigenvalue weighted by Gasteiger charge is -2.10. The van der Waals surface area contributed by atoms with Crippen molar-refractivity contribution in [2.75, 3.05) is 13.1 Å². The molecule has 0 aromatic rings. The summed E-state index contributed by atoms with van der Waals surface area (Å²) < 4.78 is 0. The Hall–Kier alpha value is -3.20. The lowest BCUT2D eigenvalue weighted by Crippen LogP contribution is -2.27. The highest BCUT2D eigenvalue weighted by Crippen LogP contribution is 2.17. The summed E-state index contributed by atoms with van der Waals surface area (Å²) in [7, 11) is 0. The van der Waals surface area contributed by atoms with E-state index in [9.17, 15) is 4.79 Å². The summed E-state index contributed by atoms with van der Waals surface area (Å²) in [6.07, 6.45) is 37.4. The van der Waals surface area contributed by atoms with Crippen molar-refractivity contribution in [3.8, 4) is 0 Å². The summed E-state index contributed by atoms with van der Waals surface area (Å²) >= 11 is 0. The first kappa shape index (κ1) is 22.5. The zero-order chi connectivity index (χ0) is 21.6. The van der Waals surface area contributed by atoms with Crippen molar-refractivity contribution in [1.82, 2.24) is 5.32 Å². The van der Waals surface area contributed by atoms with Crippen LogP contribution < -0.4 is 5.32 Å². The third-order valence-corrected chi connectivity index (χ3v) is 5.22. The number of hydrogen-bond donors (Lipinski definition) is 1. The molecule has 0 unspecified atom stereocenters. The second-order valence-corrected chi connectivity index (χ2v) is 7.68. The smallest absolute Gasteiger partial charge is 0.241 e. The minimum Gasteiger partial charge on any atom is -0.354 e. The molecule has 3 aliphatic rings. The third kappa shape index (κ3) is 8.21. The van der Waals surface area contributed by atoms with Crippen molar-refractivity contribution in [3.63, 3.8) is 0 Å². The van der Waals surface area contributed by atoms with Crippen LogP contribution in [0.5, 0.6) is 0 Å². The summed E-state index contributed by atoms with van der Waals surface area (Å²) in [6.45, 7) is 0.837. The van der Waals surface area contributed by atoms with Gasteiger partial charge in [-0.1, -0.05) is 96.7 Å². The summed E-state index contributed by atoms with van der Waals surface area (Å²) in [5.41, 5.74) is 4.42. The van der Waals surface area contributed by atoms with E-state index < -0.39 is 0 Å². The first-order valence-electron chi connectivity index (χ1n) is 11.2. The molecule has 0 aromatic carbocycles. The Morgan fingerprint density at radius 2 is 1.74 bits per heavy atom. The molecule has 1 N–H and O–H groups in total. The average Bonchev–Trinajstić information content (AvgIpc) is 3.30. The van der Waals surface area contributed by atoms with Gasteiger partial charge in [0.2, 0.25) is 5.91 Å². The zero-order valence-corrected chi connectivity index (χ0v) is 18.2. The quantitative estimate of drug-likeness (QED) is 0.364. The van der Waals surface area contributed by atoms with Crippen molar-refractivity contribution in [1.29, 1.82) is 0 Å². The van der Waals surface area contributed by atoms with Gasteiger partial charge in [-0.2, -0.15) is 0 Å². The molecule has 3 aliphatic carbocycles. The van der Waals surface area contributed by atoms with Gasteiger partial charge in [0.15, 0.2) is 0 Å². The summed E-state index contributed by atoms with van der Waals surface area (Å²) in [4.78, 5) is 17.1. The Morgan fingerprint density at radius 1 is 0.839 bits per heavy atom. The molecule has 3 heteroatoms. The Labute approximate surface area is 186 Å². The number of allylic oxidation sites excluding steroid dienone is 18. The van der Waals surface area contributed by atoms with Gasteiger partial charge in [-0.05, 0) is 49.7 Å². The largest absolute Gasteiger partial charge is 0.354 e. The van der Waals surface area contributed by atoms with Gasteiger partial charge in [0.1, 0.15) is 6.54 Å². The maximum absolute atomic E-state index is 12.4. The van der Waals surface area contributed by atoms with Crippen LogP contribution in [0.4, 0.5) is 0 Å². The van der Waals surface area contributed by atoms with Gasteiger partial charge in [-0.15, -0.1) is 0 Å². The van der Waals surface area contributed by atoms with E-state index >= 15 is 0 Å². The normalized spacial score (nSPS) is 18.1. The molecule has 0 bridgehead atoms. The van der Waals surface area contributed by atoms with E-state index in [2.05, 4.69) is 84.3 Å². The Morgan fingerprint density at radius 3 is 2.71 bits per heavy atom. The molecular weight excluding hydrogens is 380 g/mol. The molecule has 0 saturated carbocycles. The molecular formula is C28H32N2O. The van der Waals surface area contributed by atoms with Crippen LogP contribution in [0, 0.1) is 0 Å². The van der Waals surface area contributed by atoms with E-state index in [1.54, 1.807) is 0 Å². The van der Waals surface area contributed by atoms with Gasteiger partial charge in [0.05, 0.1) is 5.71 Å². The van der Waals surface area contributed by atoms with Gasteiger partial charge in [-0.25, -0.2) is 0 Å². The highest BCUT2D eigenvalue weighted by atomic mass is 16.1. The molecule has 0 radical (unpaired) electrons. The first-order valence-corrected chi connectivity index (χ1v) is 11.2. The van der Waals surface area contributed by atoms with Gasteiger partial charge < -0.3 is 5.32 Å². The highest BCUT2D eigenvalue weighted by molar-refractivity contribution is 6.16. The molecule has 3 rings (SSSR count). The number of nitrogens with zero attached hydrogens (tertiary/aromatic N) is 1. The van der Waals surface area contributed by atoms with Crippen LogP contribution in [-0.2, 0) is 4.79 Å². The van der Waals surface area contributed by atoms with Crippen molar-refractivity contribution < 1.29 is 4.79 Å². The summed E-state index contributed by atoms with van der Waals surface area (Å²) in [6, 6.07) is 0. The number of nitrogens with one attached hydrogen (secondary N) is 1. The number of carbonyl (C=O) groups excluding carboxylic acids is 1. The van der Waals surface area contributed by atoms with E-state index in [1.807, 2.05) is 12.2 Å². The van der Waals surface area contributed by atoms with E-state index in [0.29, 0.717) is 6.54 Å². The minimum absolute atomic E-state index is 0.0258. The fourth-order valence-electron chi connectivity index (χ4n) is 3.56. The topological polar surface area (TPSA) is 41.5 Å².